The molecule has 0 saturated heterocycles. The number of hydrogen-bond donors (Lipinski definition) is 3. The summed E-state index contributed by atoms with van der Waals surface area (Å²) in [7, 11) is -2.25. The number of aromatic nitrogens is 3. The molecule has 0 spiro atoms. The molecule has 3 N–H and O–H groups in total. The molecule has 0 radical (unpaired) electrons. The predicted molar refractivity (Wildman–Crippen MR) is 104 cm³/mol. The molecule has 2 rings (SSSR count). The minimum Gasteiger partial charge on any atom is -0.379 e. The lowest BCUT2D eigenvalue weighted by atomic mass is 10.0. The van der Waals surface area contributed by atoms with E-state index in [4.69, 9.17) is 0 Å². The molecular formula is C16H16BF4N5O5S. The van der Waals surface area contributed by atoms with Crippen molar-refractivity contribution in [2.45, 2.75) is 23.6 Å². The minimum atomic E-state index is -4.89. The Kier molecular flexibility index (Phi) is 6.89. The quantitative estimate of drug-likeness (QED) is 0.347. The summed E-state index contributed by atoms with van der Waals surface area (Å²) >= 11 is 0. The number of aliphatic hydroxyl groups is 1. The number of carbonyl (C=O) groups is 2. The number of rotatable bonds is 6. The maximum atomic E-state index is 14.1. The average molecular weight is 477 g/mol. The van der Waals surface area contributed by atoms with Crippen LogP contribution < -0.4 is 16.2 Å². The molecule has 32 heavy (non-hydrogen) atoms. The van der Waals surface area contributed by atoms with Crippen LogP contribution in [0.5, 0.6) is 0 Å². The topological polar surface area (TPSA) is 151 Å². The standard InChI is InChI=1S/C16H16BF4N5O5S/c1-15(29,13(28)24-14-23-10(16(19,20)21)11(17)25-26-14)6-32(30,31)7-3-4-8(9(18)5-7)12(27)22-2/h3-5,29H,6,17H2,1-2H3,(H,22,27)(H,23,24,26,28)/t15-/m0/s1. The van der Waals surface area contributed by atoms with Crippen molar-refractivity contribution in [1.82, 2.24) is 20.5 Å². The number of benzene rings is 1. The van der Waals surface area contributed by atoms with Crippen LogP contribution in [0, 0.1) is 5.82 Å². The molecule has 0 bridgehead atoms. The van der Waals surface area contributed by atoms with Crippen molar-refractivity contribution in [2.24, 2.45) is 0 Å². The third-order valence-corrected chi connectivity index (χ3v) is 5.99. The molecule has 1 aromatic carbocycles. The molecule has 2 amide bonds. The molecule has 1 atom stereocenters. The molecule has 0 aliphatic rings. The van der Waals surface area contributed by atoms with E-state index in [1.54, 1.807) is 5.32 Å². The van der Waals surface area contributed by atoms with Gasteiger partial charge in [0.25, 0.3) is 11.8 Å². The van der Waals surface area contributed by atoms with Gasteiger partial charge in [0.05, 0.1) is 16.2 Å². The number of alkyl halides is 3. The summed E-state index contributed by atoms with van der Waals surface area (Å²) in [6.45, 7) is 0.779. The highest BCUT2D eigenvalue weighted by molar-refractivity contribution is 7.91. The number of hydrogen-bond acceptors (Lipinski definition) is 8. The number of amides is 2. The van der Waals surface area contributed by atoms with Gasteiger partial charge in [-0.2, -0.15) is 18.3 Å². The summed E-state index contributed by atoms with van der Waals surface area (Å²) in [4.78, 5) is 26.3. The van der Waals surface area contributed by atoms with E-state index in [0.29, 0.717) is 6.07 Å². The van der Waals surface area contributed by atoms with Crippen molar-refractivity contribution in [2.75, 3.05) is 18.1 Å². The summed E-state index contributed by atoms with van der Waals surface area (Å²) in [6.07, 6.45) is -4.89. The van der Waals surface area contributed by atoms with Crippen LogP contribution in [-0.2, 0) is 20.8 Å². The third kappa shape index (κ3) is 5.56. The highest BCUT2D eigenvalue weighted by Crippen LogP contribution is 2.26. The molecule has 1 aromatic heterocycles. The zero-order valence-electron chi connectivity index (χ0n) is 16.8. The van der Waals surface area contributed by atoms with Gasteiger partial charge in [-0.05, 0) is 25.1 Å². The van der Waals surface area contributed by atoms with E-state index >= 15 is 0 Å². The fourth-order valence-electron chi connectivity index (χ4n) is 2.46. The van der Waals surface area contributed by atoms with Gasteiger partial charge in [0.15, 0.2) is 29.0 Å². The van der Waals surface area contributed by atoms with Crippen molar-refractivity contribution in [3.8, 4) is 0 Å². The van der Waals surface area contributed by atoms with Crippen molar-refractivity contribution in [3.05, 3.63) is 35.3 Å². The second-order valence-electron chi connectivity index (χ2n) is 6.78. The highest BCUT2D eigenvalue weighted by atomic mass is 32.2. The first kappa shape index (κ1) is 25.1. The van der Waals surface area contributed by atoms with Crippen molar-refractivity contribution in [1.29, 1.82) is 0 Å². The molecule has 172 valence electrons. The van der Waals surface area contributed by atoms with Crippen molar-refractivity contribution >= 4 is 41.0 Å². The van der Waals surface area contributed by atoms with Crippen molar-refractivity contribution in [3.63, 3.8) is 0 Å². The van der Waals surface area contributed by atoms with E-state index in [1.165, 1.54) is 7.05 Å². The molecule has 10 nitrogen and oxygen atoms in total. The number of carbonyl (C=O) groups excluding carboxylic acids is 2. The smallest absolute Gasteiger partial charge is 0.379 e. The Morgan fingerprint density at radius 2 is 1.84 bits per heavy atom. The molecule has 2 aromatic rings. The van der Waals surface area contributed by atoms with Gasteiger partial charge >= 0.3 is 6.18 Å². The number of nitrogens with one attached hydrogen (secondary N) is 2. The van der Waals surface area contributed by atoms with Gasteiger partial charge in [-0.15, -0.1) is 5.10 Å². The Balaban J connectivity index is 2.26. The van der Waals surface area contributed by atoms with E-state index in [1.807, 2.05) is 0 Å². The third-order valence-electron chi connectivity index (χ3n) is 4.08. The van der Waals surface area contributed by atoms with E-state index in [-0.39, 0.29) is 0 Å². The van der Waals surface area contributed by atoms with Gasteiger partial charge in [-0.3, -0.25) is 14.9 Å². The number of sulfone groups is 1. The van der Waals surface area contributed by atoms with Gasteiger partial charge in [0.2, 0.25) is 5.95 Å². The Hall–Kier alpha value is -3.14. The molecule has 0 unspecified atom stereocenters. The molecular weight excluding hydrogens is 461 g/mol. The Morgan fingerprint density at radius 3 is 2.38 bits per heavy atom. The van der Waals surface area contributed by atoms with Gasteiger partial charge < -0.3 is 10.4 Å². The maximum Gasteiger partial charge on any atom is 0.434 e. The number of anilines is 1. The fourth-order valence-corrected chi connectivity index (χ4v) is 4.06. The molecule has 0 aliphatic carbocycles. The molecule has 0 aliphatic heterocycles. The minimum absolute atomic E-state index is 0.430. The van der Waals surface area contributed by atoms with E-state index in [0.717, 1.165) is 26.9 Å². The van der Waals surface area contributed by atoms with Crippen LogP contribution in [0.2, 0.25) is 0 Å². The zero-order chi connectivity index (χ0) is 24.5. The van der Waals surface area contributed by atoms with Crippen LogP contribution >= 0.6 is 0 Å². The lowest BCUT2D eigenvalue weighted by Gasteiger charge is -2.22. The summed E-state index contributed by atoms with van der Waals surface area (Å²) < 4.78 is 77.9. The SMILES string of the molecule is Bc1nnc(NC(=O)[C@@](C)(O)CS(=O)(=O)c2ccc(C(=O)NC)c(F)c2)nc1C(F)(F)F. The number of nitrogens with zero attached hydrogens (tertiary/aromatic N) is 3. The van der Waals surface area contributed by atoms with Crippen LogP contribution in [0.4, 0.5) is 23.5 Å². The van der Waals surface area contributed by atoms with Crippen LogP contribution in [0.15, 0.2) is 23.1 Å². The summed E-state index contributed by atoms with van der Waals surface area (Å²) in [6, 6.07) is 2.34. The van der Waals surface area contributed by atoms with Crippen LogP contribution in [0.25, 0.3) is 0 Å². The summed E-state index contributed by atoms with van der Waals surface area (Å²) in [5.41, 5.74) is -5.10. The predicted octanol–water partition coefficient (Wildman–Crippen LogP) is -1.19. The number of halogens is 4. The summed E-state index contributed by atoms with van der Waals surface area (Å²) in [5.74, 6) is -5.58. The second-order valence-corrected chi connectivity index (χ2v) is 8.76. The molecule has 0 fully saturated rings. The molecule has 16 heteroatoms. The Labute approximate surface area is 179 Å². The van der Waals surface area contributed by atoms with Crippen LogP contribution in [0.1, 0.15) is 23.0 Å². The van der Waals surface area contributed by atoms with Gasteiger partial charge in [-0.1, -0.05) is 0 Å². The normalized spacial score (nSPS) is 13.8. The molecule has 0 saturated carbocycles. The van der Waals surface area contributed by atoms with Gasteiger partial charge in [0.1, 0.15) is 5.82 Å². The van der Waals surface area contributed by atoms with Gasteiger partial charge in [0, 0.05) is 12.6 Å². The Morgan fingerprint density at radius 1 is 1.22 bits per heavy atom. The highest BCUT2D eigenvalue weighted by Gasteiger charge is 2.39. The first-order chi connectivity index (χ1) is 14.6. The van der Waals surface area contributed by atoms with E-state index in [2.05, 4.69) is 20.5 Å². The van der Waals surface area contributed by atoms with E-state index < -0.39 is 72.7 Å². The molecule has 1 heterocycles. The first-order valence-corrected chi connectivity index (χ1v) is 10.3. The fraction of sp³-hybridized carbons (Fsp3) is 0.312. The lowest BCUT2D eigenvalue weighted by Crippen LogP contribution is -2.46. The van der Waals surface area contributed by atoms with Crippen LogP contribution in [-0.4, -0.2) is 66.8 Å². The average Bonchev–Trinajstić information content (AvgIpc) is 2.67. The summed E-state index contributed by atoms with van der Waals surface area (Å²) in [5, 5.41) is 20.8. The largest absolute Gasteiger partial charge is 0.434 e. The van der Waals surface area contributed by atoms with E-state index in [9.17, 15) is 40.7 Å². The first-order valence-electron chi connectivity index (χ1n) is 8.65. The van der Waals surface area contributed by atoms with Gasteiger partial charge in [-0.25, -0.2) is 17.8 Å². The lowest BCUT2D eigenvalue weighted by molar-refractivity contribution is -0.140. The Bertz CT molecular complexity index is 1170. The second kappa shape index (κ2) is 8.78. The maximum absolute atomic E-state index is 14.1. The zero-order valence-corrected chi connectivity index (χ0v) is 17.6. The monoisotopic (exact) mass is 477 g/mol. The van der Waals surface area contributed by atoms with Crippen molar-refractivity contribution < 1.29 is 40.7 Å². The van der Waals surface area contributed by atoms with Crippen LogP contribution in [0.3, 0.4) is 0 Å².